The second-order valence-electron chi connectivity index (χ2n) is 6.44. The maximum Gasteiger partial charge on any atom is 0.325 e. The second kappa shape index (κ2) is 6.25. The molecule has 6 nitrogen and oxygen atoms in total. The monoisotopic (exact) mass is 356 g/mol. The Bertz CT molecular complexity index is 1100. The number of ether oxygens (including phenoxy) is 1. The van der Waals surface area contributed by atoms with Gasteiger partial charge in [0.15, 0.2) is 0 Å². The summed E-state index contributed by atoms with van der Waals surface area (Å²) in [6.07, 6.45) is 3.15. The van der Waals surface area contributed by atoms with Crippen LogP contribution in [0.3, 0.4) is 0 Å². The molecule has 2 aromatic heterocycles. The SMILES string of the molecule is Oc1nc(Oc2ccc(N3Cc4ccccc4C3)cc2)nc2cnccc12. The van der Waals surface area contributed by atoms with Crippen LogP contribution in [0.15, 0.2) is 67.0 Å². The fourth-order valence-electron chi connectivity index (χ4n) is 3.33. The first kappa shape index (κ1) is 15.6. The van der Waals surface area contributed by atoms with E-state index in [0.717, 1.165) is 18.8 Å². The summed E-state index contributed by atoms with van der Waals surface area (Å²) in [6, 6.07) is 18.1. The van der Waals surface area contributed by atoms with Gasteiger partial charge in [-0.3, -0.25) is 4.98 Å². The van der Waals surface area contributed by atoms with Crippen LogP contribution in [0.2, 0.25) is 0 Å². The number of benzene rings is 2. The minimum Gasteiger partial charge on any atom is -0.493 e. The molecule has 4 aromatic rings. The van der Waals surface area contributed by atoms with Crippen LogP contribution in [0.1, 0.15) is 11.1 Å². The fraction of sp³-hybridized carbons (Fsp3) is 0.0952. The average molecular weight is 356 g/mol. The van der Waals surface area contributed by atoms with Crippen LogP contribution in [0.5, 0.6) is 17.6 Å². The molecule has 0 amide bonds. The summed E-state index contributed by atoms with van der Waals surface area (Å²) in [5.74, 6) is 0.488. The van der Waals surface area contributed by atoms with Crippen molar-refractivity contribution in [1.29, 1.82) is 0 Å². The first-order valence-electron chi connectivity index (χ1n) is 8.67. The Balaban J connectivity index is 1.36. The maximum absolute atomic E-state index is 10.0. The number of pyridine rings is 1. The smallest absolute Gasteiger partial charge is 0.325 e. The lowest BCUT2D eigenvalue weighted by Crippen LogP contribution is -2.14. The van der Waals surface area contributed by atoms with Gasteiger partial charge in [-0.25, -0.2) is 0 Å². The molecule has 5 rings (SSSR count). The van der Waals surface area contributed by atoms with E-state index in [-0.39, 0.29) is 11.9 Å². The van der Waals surface area contributed by atoms with E-state index in [2.05, 4.69) is 44.1 Å². The lowest BCUT2D eigenvalue weighted by molar-refractivity contribution is 0.412. The number of hydrogen-bond donors (Lipinski definition) is 1. The van der Waals surface area contributed by atoms with Crippen molar-refractivity contribution >= 4 is 16.6 Å². The van der Waals surface area contributed by atoms with Crippen molar-refractivity contribution in [3.8, 4) is 17.6 Å². The summed E-state index contributed by atoms with van der Waals surface area (Å²) < 4.78 is 5.72. The zero-order valence-corrected chi connectivity index (χ0v) is 14.4. The summed E-state index contributed by atoms with van der Waals surface area (Å²) in [5.41, 5.74) is 4.40. The second-order valence-corrected chi connectivity index (χ2v) is 6.44. The van der Waals surface area contributed by atoms with Crippen LogP contribution in [0.4, 0.5) is 5.69 Å². The zero-order valence-electron chi connectivity index (χ0n) is 14.4. The lowest BCUT2D eigenvalue weighted by Gasteiger charge is -2.18. The van der Waals surface area contributed by atoms with Gasteiger partial charge in [0, 0.05) is 25.0 Å². The molecule has 6 heteroatoms. The van der Waals surface area contributed by atoms with Gasteiger partial charge in [0.25, 0.3) is 0 Å². The zero-order chi connectivity index (χ0) is 18.2. The van der Waals surface area contributed by atoms with E-state index in [1.165, 1.54) is 11.1 Å². The van der Waals surface area contributed by atoms with Crippen molar-refractivity contribution in [1.82, 2.24) is 15.0 Å². The molecule has 0 saturated carbocycles. The Kier molecular flexibility index (Phi) is 3.60. The summed E-state index contributed by atoms with van der Waals surface area (Å²) in [5, 5.41) is 10.6. The lowest BCUT2D eigenvalue weighted by atomic mass is 10.1. The van der Waals surface area contributed by atoms with Gasteiger partial charge < -0.3 is 14.7 Å². The third kappa shape index (κ3) is 2.91. The molecule has 0 fully saturated rings. The van der Waals surface area contributed by atoms with Gasteiger partial charge in [0.05, 0.1) is 17.1 Å². The molecular weight excluding hydrogens is 340 g/mol. The number of anilines is 1. The van der Waals surface area contributed by atoms with Crippen molar-refractivity contribution in [3.05, 3.63) is 78.1 Å². The summed E-state index contributed by atoms with van der Waals surface area (Å²) >= 11 is 0. The number of rotatable bonds is 3. The Morgan fingerprint density at radius 2 is 1.63 bits per heavy atom. The van der Waals surface area contributed by atoms with Crippen LogP contribution in [-0.4, -0.2) is 20.1 Å². The number of fused-ring (bicyclic) bond motifs is 2. The molecule has 0 atom stereocenters. The van der Waals surface area contributed by atoms with E-state index in [9.17, 15) is 5.11 Å². The fourth-order valence-corrected chi connectivity index (χ4v) is 3.33. The van der Waals surface area contributed by atoms with Gasteiger partial charge in [-0.15, -0.1) is 0 Å². The normalized spacial score (nSPS) is 13.0. The largest absolute Gasteiger partial charge is 0.493 e. The van der Waals surface area contributed by atoms with E-state index >= 15 is 0 Å². The molecule has 0 saturated heterocycles. The predicted octanol–water partition coefficient (Wildman–Crippen LogP) is 4.04. The third-order valence-corrected chi connectivity index (χ3v) is 4.71. The highest BCUT2D eigenvalue weighted by molar-refractivity contribution is 5.82. The maximum atomic E-state index is 10.0. The molecule has 0 spiro atoms. The Labute approximate surface area is 155 Å². The average Bonchev–Trinajstić information content (AvgIpc) is 3.13. The molecule has 0 radical (unpaired) electrons. The molecule has 27 heavy (non-hydrogen) atoms. The predicted molar refractivity (Wildman–Crippen MR) is 102 cm³/mol. The van der Waals surface area contributed by atoms with E-state index in [1.54, 1.807) is 18.5 Å². The van der Waals surface area contributed by atoms with E-state index in [1.807, 2.05) is 24.3 Å². The standard InChI is InChI=1S/C21H16N4O2/c26-20-18-9-10-22-11-19(18)23-21(24-20)27-17-7-5-16(6-8-17)25-12-14-3-1-2-4-15(14)13-25/h1-11H,12-13H2,(H,23,24,26). The molecule has 1 aliphatic rings. The topological polar surface area (TPSA) is 71.4 Å². The highest BCUT2D eigenvalue weighted by Gasteiger charge is 2.18. The van der Waals surface area contributed by atoms with Crippen molar-refractivity contribution in [2.75, 3.05) is 4.90 Å². The minimum absolute atomic E-state index is 0.0920. The van der Waals surface area contributed by atoms with Gasteiger partial charge in [-0.1, -0.05) is 24.3 Å². The van der Waals surface area contributed by atoms with Crippen molar-refractivity contribution < 1.29 is 9.84 Å². The van der Waals surface area contributed by atoms with E-state index < -0.39 is 0 Å². The van der Waals surface area contributed by atoms with Gasteiger partial charge in [-0.05, 0) is 41.5 Å². The van der Waals surface area contributed by atoms with Crippen molar-refractivity contribution in [2.45, 2.75) is 13.1 Å². The molecule has 132 valence electrons. The van der Waals surface area contributed by atoms with Crippen LogP contribution in [0.25, 0.3) is 10.9 Å². The number of aromatic hydroxyl groups is 1. The minimum atomic E-state index is -0.121. The van der Waals surface area contributed by atoms with Crippen LogP contribution in [0, 0.1) is 0 Å². The third-order valence-electron chi connectivity index (χ3n) is 4.71. The Morgan fingerprint density at radius 1 is 0.889 bits per heavy atom. The van der Waals surface area contributed by atoms with Gasteiger partial charge in [0.2, 0.25) is 5.88 Å². The quantitative estimate of drug-likeness (QED) is 0.597. The number of nitrogens with zero attached hydrogens (tertiary/aromatic N) is 4. The van der Waals surface area contributed by atoms with Gasteiger partial charge in [0.1, 0.15) is 5.75 Å². The first-order chi connectivity index (χ1) is 13.3. The highest BCUT2D eigenvalue weighted by Crippen LogP contribution is 2.31. The molecule has 1 aliphatic heterocycles. The summed E-state index contributed by atoms with van der Waals surface area (Å²) in [7, 11) is 0. The number of hydrogen-bond acceptors (Lipinski definition) is 6. The van der Waals surface area contributed by atoms with E-state index in [0.29, 0.717) is 16.7 Å². The van der Waals surface area contributed by atoms with Crippen LogP contribution >= 0.6 is 0 Å². The van der Waals surface area contributed by atoms with Crippen molar-refractivity contribution in [3.63, 3.8) is 0 Å². The molecule has 3 heterocycles. The molecule has 1 N–H and O–H groups in total. The first-order valence-corrected chi connectivity index (χ1v) is 8.67. The molecule has 0 unspecified atom stereocenters. The molecule has 0 bridgehead atoms. The summed E-state index contributed by atoms with van der Waals surface area (Å²) in [6.45, 7) is 1.82. The molecule has 2 aromatic carbocycles. The van der Waals surface area contributed by atoms with Gasteiger partial charge >= 0.3 is 6.01 Å². The molecule has 0 aliphatic carbocycles. The number of aromatic nitrogens is 3. The van der Waals surface area contributed by atoms with Crippen LogP contribution in [-0.2, 0) is 13.1 Å². The van der Waals surface area contributed by atoms with Gasteiger partial charge in [-0.2, -0.15) is 9.97 Å². The van der Waals surface area contributed by atoms with Crippen LogP contribution < -0.4 is 9.64 Å². The highest BCUT2D eigenvalue weighted by atomic mass is 16.5. The summed E-state index contributed by atoms with van der Waals surface area (Å²) in [4.78, 5) is 14.6. The molecular formula is C21H16N4O2. The van der Waals surface area contributed by atoms with E-state index in [4.69, 9.17) is 4.74 Å². The van der Waals surface area contributed by atoms with Crippen molar-refractivity contribution in [2.24, 2.45) is 0 Å². The Hall–Kier alpha value is -3.67. The Morgan fingerprint density at radius 3 is 2.37 bits per heavy atom.